The van der Waals surface area contributed by atoms with Crippen LogP contribution in [0.3, 0.4) is 0 Å². The lowest BCUT2D eigenvalue weighted by atomic mass is 9.86. The van der Waals surface area contributed by atoms with Crippen molar-refractivity contribution >= 4 is 15.9 Å². The Labute approximate surface area is 162 Å². The second-order valence-electron chi connectivity index (χ2n) is 8.69. The number of carbonyl (C=O) groups excluding carboxylic acids is 1. The molecule has 6 heteroatoms. The molecule has 0 unspecified atom stereocenters. The molecule has 4 rings (SSSR count). The van der Waals surface area contributed by atoms with E-state index in [0.717, 1.165) is 23.0 Å². The second kappa shape index (κ2) is 7.21. The minimum absolute atomic E-state index is 0.219. The topological polar surface area (TPSA) is 57.7 Å². The summed E-state index contributed by atoms with van der Waals surface area (Å²) in [5.41, 5.74) is 1.72. The predicted octanol–water partition coefficient (Wildman–Crippen LogP) is 2.96. The molecule has 27 heavy (non-hydrogen) atoms. The molecule has 3 aliphatic rings. The van der Waals surface area contributed by atoms with Gasteiger partial charge in [-0.25, -0.2) is 8.42 Å². The van der Waals surface area contributed by atoms with E-state index in [4.69, 9.17) is 0 Å². The number of carbonyl (C=O) groups is 1. The average molecular weight is 391 g/mol. The largest absolute Gasteiger partial charge is 0.340 e. The van der Waals surface area contributed by atoms with Crippen LogP contribution in [0.4, 0.5) is 0 Å². The molecule has 2 bridgehead atoms. The molecule has 1 saturated heterocycles. The van der Waals surface area contributed by atoms with E-state index >= 15 is 0 Å². The van der Waals surface area contributed by atoms with Crippen LogP contribution in [0.25, 0.3) is 0 Å². The van der Waals surface area contributed by atoms with E-state index < -0.39 is 10.0 Å². The molecule has 1 aromatic rings. The number of benzene rings is 1. The zero-order valence-electron chi connectivity index (χ0n) is 16.4. The summed E-state index contributed by atoms with van der Waals surface area (Å²) in [4.78, 5) is 15.0. The molecule has 148 valence electrons. The van der Waals surface area contributed by atoms with Crippen molar-refractivity contribution in [3.05, 3.63) is 29.3 Å². The van der Waals surface area contributed by atoms with Crippen LogP contribution < -0.4 is 0 Å². The van der Waals surface area contributed by atoms with Crippen LogP contribution in [0.15, 0.2) is 23.1 Å². The zero-order valence-corrected chi connectivity index (χ0v) is 17.2. The van der Waals surface area contributed by atoms with E-state index in [2.05, 4.69) is 0 Å². The normalized spacial score (nSPS) is 28.7. The van der Waals surface area contributed by atoms with E-state index in [1.54, 1.807) is 6.07 Å². The molecule has 5 nitrogen and oxygen atoms in total. The van der Waals surface area contributed by atoms with Gasteiger partial charge in [0.1, 0.15) is 0 Å². The van der Waals surface area contributed by atoms with E-state index in [-0.39, 0.29) is 5.91 Å². The molecule has 1 aromatic carbocycles. The third-order valence-corrected chi connectivity index (χ3v) is 8.91. The average Bonchev–Trinajstić information content (AvgIpc) is 3.27. The number of piperazine rings is 1. The first-order chi connectivity index (χ1) is 12.8. The van der Waals surface area contributed by atoms with Crippen molar-refractivity contribution in [1.82, 2.24) is 9.21 Å². The van der Waals surface area contributed by atoms with Gasteiger partial charge < -0.3 is 4.90 Å². The molecule has 3 atom stereocenters. The van der Waals surface area contributed by atoms with Crippen molar-refractivity contribution < 1.29 is 13.2 Å². The van der Waals surface area contributed by atoms with Crippen molar-refractivity contribution in [2.75, 3.05) is 26.2 Å². The van der Waals surface area contributed by atoms with Gasteiger partial charge in [-0.1, -0.05) is 18.6 Å². The Kier molecular flexibility index (Phi) is 5.06. The van der Waals surface area contributed by atoms with Crippen LogP contribution in [-0.4, -0.2) is 49.7 Å². The first-order valence-corrected chi connectivity index (χ1v) is 11.6. The van der Waals surface area contributed by atoms with Crippen molar-refractivity contribution in [2.24, 2.45) is 17.8 Å². The summed E-state index contributed by atoms with van der Waals surface area (Å²) in [7, 11) is -3.50. The highest BCUT2D eigenvalue weighted by molar-refractivity contribution is 7.89. The second-order valence-corrected chi connectivity index (χ2v) is 10.6. The number of amides is 1. The van der Waals surface area contributed by atoms with Crippen molar-refractivity contribution in [3.8, 4) is 0 Å². The van der Waals surface area contributed by atoms with Crippen LogP contribution in [0.1, 0.15) is 43.2 Å². The summed E-state index contributed by atoms with van der Waals surface area (Å²) in [6, 6.07) is 5.54. The molecule has 1 amide bonds. The van der Waals surface area contributed by atoms with Gasteiger partial charge in [-0.2, -0.15) is 4.31 Å². The van der Waals surface area contributed by atoms with E-state index in [1.165, 1.54) is 30.0 Å². The third kappa shape index (κ3) is 3.66. The smallest absolute Gasteiger partial charge is 0.243 e. The minimum atomic E-state index is -3.50. The van der Waals surface area contributed by atoms with Gasteiger partial charge in [0.25, 0.3) is 0 Å². The SMILES string of the molecule is Cc1ccc(C)c(S(=O)(=O)N2CCN(C(=O)C[C@@H]3C[C@@H]4CC[C@@H]3C4)CC2)c1. The van der Waals surface area contributed by atoms with Crippen LogP contribution in [0.5, 0.6) is 0 Å². The lowest BCUT2D eigenvalue weighted by molar-refractivity contribution is -0.133. The number of sulfonamides is 1. The molecule has 0 aromatic heterocycles. The number of aryl methyl sites for hydroxylation is 2. The van der Waals surface area contributed by atoms with Gasteiger partial charge in [-0.15, -0.1) is 0 Å². The van der Waals surface area contributed by atoms with E-state index in [9.17, 15) is 13.2 Å². The van der Waals surface area contributed by atoms with Gasteiger partial charge in [0, 0.05) is 32.6 Å². The Morgan fingerprint density at radius 2 is 1.81 bits per heavy atom. The molecule has 2 saturated carbocycles. The van der Waals surface area contributed by atoms with Gasteiger partial charge >= 0.3 is 0 Å². The summed E-state index contributed by atoms with van der Waals surface area (Å²) in [5, 5.41) is 0. The summed E-state index contributed by atoms with van der Waals surface area (Å²) in [6.07, 6.45) is 5.84. The maximum absolute atomic E-state index is 13.0. The molecule has 1 aliphatic heterocycles. The molecule has 3 fully saturated rings. The highest BCUT2D eigenvalue weighted by Gasteiger charge is 2.41. The van der Waals surface area contributed by atoms with Gasteiger partial charge in [-0.05, 0) is 68.1 Å². The summed E-state index contributed by atoms with van der Waals surface area (Å²) in [6.45, 7) is 5.52. The standard InChI is InChI=1S/C21H30N2O3S/c1-15-3-4-16(2)20(11-15)27(25,26)23-9-7-22(8-10-23)21(24)14-19-13-17-5-6-18(19)12-17/h3-4,11,17-19H,5-10,12-14H2,1-2H3/t17-,18-,19+/m1/s1. The Hall–Kier alpha value is -1.40. The van der Waals surface area contributed by atoms with Crippen LogP contribution >= 0.6 is 0 Å². The molecule has 2 aliphatic carbocycles. The van der Waals surface area contributed by atoms with Gasteiger partial charge in [0.2, 0.25) is 15.9 Å². The third-order valence-electron chi connectivity index (χ3n) is 6.87. The Morgan fingerprint density at radius 3 is 2.44 bits per heavy atom. The first-order valence-electron chi connectivity index (χ1n) is 10.2. The van der Waals surface area contributed by atoms with Crippen molar-refractivity contribution in [2.45, 2.75) is 50.8 Å². The fourth-order valence-electron chi connectivity index (χ4n) is 5.28. The molecular formula is C21H30N2O3S. The lowest BCUT2D eigenvalue weighted by Crippen LogP contribution is -2.50. The number of hydrogen-bond acceptors (Lipinski definition) is 3. The number of rotatable bonds is 4. The Morgan fingerprint density at radius 1 is 1.07 bits per heavy atom. The first kappa shape index (κ1) is 18.9. The van der Waals surface area contributed by atoms with Crippen LogP contribution in [0, 0.1) is 31.6 Å². The number of nitrogens with zero attached hydrogens (tertiary/aromatic N) is 2. The highest BCUT2D eigenvalue weighted by Crippen LogP contribution is 2.49. The highest BCUT2D eigenvalue weighted by atomic mass is 32.2. The predicted molar refractivity (Wildman–Crippen MR) is 105 cm³/mol. The Bertz CT molecular complexity index is 828. The molecule has 1 heterocycles. The zero-order chi connectivity index (χ0) is 19.2. The summed E-state index contributed by atoms with van der Waals surface area (Å²) in [5.74, 6) is 2.39. The lowest BCUT2D eigenvalue weighted by Gasteiger charge is -2.35. The molecule has 0 N–H and O–H groups in total. The van der Waals surface area contributed by atoms with E-state index in [1.807, 2.05) is 30.9 Å². The summed E-state index contributed by atoms with van der Waals surface area (Å²) < 4.78 is 27.6. The number of fused-ring (bicyclic) bond motifs is 2. The number of hydrogen-bond donors (Lipinski definition) is 0. The van der Waals surface area contributed by atoms with Gasteiger partial charge in [0.15, 0.2) is 0 Å². The van der Waals surface area contributed by atoms with Crippen LogP contribution in [0.2, 0.25) is 0 Å². The molecule has 0 radical (unpaired) electrons. The minimum Gasteiger partial charge on any atom is -0.340 e. The van der Waals surface area contributed by atoms with Gasteiger partial charge in [-0.3, -0.25) is 4.79 Å². The van der Waals surface area contributed by atoms with Gasteiger partial charge in [0.05, 0.1) is 4.90 Å². The van der Waals surface area contributed by atoms with Crippen molar-refractivity contribution in [3.63, 3.8) is 0 Å². The fourth-order valence-corrected chi connectivity index (χ4v) is 7.01. The van der Waals surface area contributed by atoms with Crippen LogP contribution in [-0.2, 0) is 14.8 Å². The quantitative estimate of drug-likeness (QED) is 0.794. The summed E-state index contributed by atoms with van der Waals surface area (Å²) >= 11 is 0. The fraction of sp³-hybridized carbons (Fsp3) is 0.667. The maximum Gasteiger partial charge on any atom is 0.243 e. The maximum atomic E-state index is 13.0. The van der Waals surface area contributed by atoms with E-state index in [0.29, 0.717) is 43.4 Å². The molecular weight excluding hydrogens is 360 g/mol. The molecule has 0 spiro atoms. The Balaban J connectivity index is 1.37. The van der Waals surface area contributed by atoms with Crippen molar-refractivity contribution in [1.29, 1.82) is 0 Å². The monoisotopic (exact) mass is 390 g/mol.